The molecule has 1 aliphatic heterocycles. The molecular formula is C23H38N4O6S. The summed E-state index contributed by atoms with van der Waals surface area (Å²) in [6.07, 6.45) is 0.527. The summed E-state index contributed by atoms with van der Waals surface area (Å²) in [6, 6.07) is 4.09. The van der Waals surface area contributed by atoms with E-state index in [1.54, 1.807) is 30.0 Å². The number of methoxy groups -OCH3 is 1. The fourth-order valence-corrected chi connectivity index (χ4v) is 4.33. The lowest BCUT2D eigenvalue weighted by Crippen LogP contribution is -2.51. The average molecular weight is 499 g/mol. The van der Waals surface area contributed by atoms with Gasteiger partial charge in [-0.2, -0.15) is 0 Å². The Bertz CT molecular complexity index is 955. The Labute approximate surface area is 203 Å². The molecule has 1 aromatic carbocycles. The van der Waals surface area contributed by atoms with Gasteiger partial charge in [-0.25, -0.2) is 13.2 Å². The van der Waals surface area contributed by atoms with E-state index in [9.17, 15) is 18.0 Å². The molecule has 0 bridgehead atoms. The number of amides is 3. The van der Waals surface area contributed by atoms with Crippen molar-refractivity contribution in [3.63, 3.8) is 0 Å². The number of rotatable bonds is 6. The summed E-state index contributed by atoms with van der Waals surface area (Å²) in [5.41, 5.74) is 0.607. The van der Waals surface area contributed by atoms with Crippen molar-refractivity contribution in [3.8, 4) is 5.75 Å². The molecule has 3 atom stereocenters. The lowest BCUT2D eigenvalue weighted by Gasteiger charge is -2.36. The Hall–Kier alpha value is -2.53. The molecule has 2 rings (SSSR count). The first-order chi connectivity index (χ1) is 16.0. The van der Waals surface area contributed by atoms with Crippen LogP contribution in [0.2, 0.25) is 0 Å². The van der Waals surface area contributed by atoms with Gasteiger partial charge in [-0.3, -0.25) is 9.52 Å². The highest BCUT2D eigenvalue weighted by atomic mass is 32.2. The number of carbonyl (C=O) groups excluding carboxylic acids is 2. The number of ether oxygens (including phenoxy) is 2. The standard InChI is InChI=1S/C23H38N4O6S/c1-7-11-24-23(29)27-13-16(3)21(32-6)14-26(5)22(28)19-10-9-18(25-34(30,31)8-2)12-20(19)33-15-17(27)4/h9-10,12,16-17,21,25H,7-8,11,13-15H2,1-6H3,(H,24,29)/t16-,17-,21-/m1/s1. The minimum absolute atomic E-state index is 0.0419. The molecule has 0 saturated carbocycles. The molecule has 0 aliphatic carbocycles. The Morgan fingerprint density at radius 2 is 1.94 bits per heavy atom. The van der Waals surface area contributed by atoms with Crippen molar-refractivity contribution in [1.29, 1.82) is 0 Å². The van der Waals surface area contributed by atoms with Crippen LogP contribution < -0.4 is 14.8 Å². The van der Waals surface area contributed by atoms with Crippen LogP contribution in [0.4, 0.5) is 10.5 Å². The first-order valence-corrected chi connectivity index (χ1v) is 13.3. The molecule has 10 nitrogen and oxygen atoms in total. The van der Waals surface area contributed by atoms with Gasteiger partial charge >= 0.3 is 6.03 Å². The van der Waals surface area contributed by atoms with Gasteiger partial charge in [0.25, 0.3) is 5.91 Å². The van der Waals surface area contributed by atoms with E-state index in [4.69, 9.17) is 9.47 Å². The van der Waals surface area contributed by atoms with Crippen molar-refractivity contribution in [2.24, 2.45) is 5.92 Å². The third-order valence-electron chi connectivity index (χ3n) is 5.89. The molecule has 0 radical (unpaired) electrons. The minimum atomic E-state index is -3.50. The number of benzene rings is 1. The van der Waals surface area contributed by atoms with E-state index < -0.39 is 10.0 Å². The molecule has 0 aromatic heterocycles. The highest BCUT2D eigenvalue weighted by Gasteiger charge is 2.30. The summed E-state index contributed by atoms with van der Waals surface area (Å²) < 4.78 is 38.2. The smallest absolute Gasteiger partial charge is 0.317 e. The second kappa shape index (κ2) is 12.3. The van der Waals surface area contributed by atoms with Gasteiger partial charge in [-0.05, 0) is 32.4 Å². The number of nitrogens with one attached hydrogen (secondary N) is 2. The number of likely N-dealkylation sites (N-methyl/N-ethyl adjacent to an activating group) is 1. The number of anilines is 1. The molecule has 192 valence electrons. The van der Waals surface area contributed by atoms with E-state index >= 15 is 0 Å². The van der Waals surface area contributed by atoms with Crippen LogP contribution in [0.5, 0.6) is 5.75 Å². The first kappa shape index (κ1) is 27.7. The average Bonchev–Trinajstić information content (AvgIpc) is 2.81. The highest BCUT2D eigenvalue weighted by molar-refractivity contribution is 7.92. The zero-order valence-corrected chi connectivity index (χ0v) is 21.8. The van der Waals surface area contributed by atoms with E-state index in [1.807, 2.05) is 20.8 Å². The number of urea groups is 1. The van der Waals surface area contributed by atoms with Crippen LogP contribution in [0.1, 0.15) is 44.5 Å². The Morgan fingerprint density at radius 1 is 1.24 bits per heavy atom. The van der Waals surface area contributed by atoms with Crippen molar-refractivity contribution in [3.05, 3.63) is 23.8 Å². The lowest BCUT2D eigenvalue weighted by atomic mass is 10.0. The second-order valence-corrected chi connectivity index (χ2v) is 10.7. The predicted octanol–water partition coefficient (Wildman–Crippen LogP) is 2.37. The molecule has 3 amide bonds. The molecule has 2 N–H and O–H groups in total. The van der Waals surface area contributed by atoms with E-state index in [1.165, 1.54) is 19.1 Å². The second-order valence-electron chi connectivity index (χ2n) is 8.70. The van der Waals surface area contributed by atoms with Crippen LogP contribution >= 0.6 is 0 Å². The van der Waals surface area contributed by atoms with Gasteiger partial charge < -0.3 is 24.6 Å². The van der Waals surface area contributed by atoms with Gasteiger partial charge in [0.1, 0.15) is 12.4 Å². The first-order valence-electron chi connectivity index (χ1n) is 11.6. The maximum absolute atomic E-state index is 13.2. The van der Waals surface area contributed by atoms with Gasteiger partial charge in [-0.15, -0.1) is 0 Å². The number of sulfonamides is 1. The molecule has 1 heterocycles. The zero-order chi connectivity index (χ0) is 25.5. The monoisotopic (exact) mass is 498 g/mol. The summed E-state index contributed by atoms with van der Waals surface area (Å²) in [5.74, 6) is -0.140. The molecule has 0 saturated heterocycles. The van der Waals surface area contributed by atoms with Crippen molar-refractivity contribution < 1.29 is 27.5 Å². The van der Waals surface area contributed by atoms with Crippen LogP contribution in [0.15, 0.2) is 18.2 Å². The topological polar surface area (TPSA) is 117 Å². The van der Waals surface area contributed by atoms with Gasteiger partial charge in [0.05, 0.1) is 29.1 Å². The maximum atomic E-state index is 13.2. The van der Waals surface area contributed by atoms with Gasteiger partial charge in [-0.1, -0.05) is 13.8 Å². The van der Waals surface area contributed by atoms with E-state index in [0.717, 1.165) is 6.42 Å². The van der Waals surface area contributed by atoms with Gasteiger partial charge in [0.2, 0.25) is 10.0 Å². The van der Waals surface area contributed by atoms with Gasteiger partial charge in [0.15, 0.2) is 0 Å². The Balaban J connectivity index is 2.45. The van der Waals surface area contributed by atoms with E-state index in [-0.39, 0.29) is 48.1 Å². The number of nitrogens with zero attached hydrogens (tertiary/aromatic N) is 2. The minimum Gasteiger partial charge on any atom is -0.491 e. The van der Waals surface area contributed by atoms with Crippen LogP contribution in [-0.2, 0) is 14.8 Å². The summed E-state index contributed by atoms with van der Waals surface area (Å²) in [7, 11) is -0.223. The largest absolute Gasteiger partial charge is 0.491 e. The Kier molecular flexibility index (Phi) is 9.99. The van der Waals surface area contributed by atoms with Crippen molar-refractivity contribution >= 4 is 27.6 Å². The van der Waals surface area contributed by atoms with Crippen molar-refractivity contribution in [2.75, 3.05) is 50.9 Å². The third-order valence-corrected chi connectivity index (χ3v) is 7.19. The molecule has 1 aliphatic rings. The van der Waals surface area contributed by atoms with Crippen LogP contribution in [-0.4, -0.2) is 88.5 Å². The summed E-state index contributed by atoms with van der Waals surface area (Å²) in [6.45, 7) is 8.82. The third kappa shape index (κ3) is 7.23. The predicted molar refractivity (Wildman–Crippen MR) is 132 cm³/mol. The Morgan fingerprint density at radius 3 is 2.56 bits per heavy atom. The summed E-state index contributed by atoms with van der Waals surface area (Å²) >= 11 is 0. The van der Waals surface area contributed by atoms with Crippen molar-refractivity contribution in [2.45, 2.75) is 46.3 Å². The van der Waals surface area contributed by atoms with Gasteiger partial charge in [0, 0.05) is 45.8 Å². The van der Waals surface area contributed by atoms with Crippen LogP contribution in [0.3, 0.4) is 0 Å². The molecule has 0 unspecified atom stereocenters. The summed E-state index contributed by atoms with van der Waals surface area (Å²) in [5, 5.41) is 2.92. The van der Waals surface area contributed by atoms with E-state index in [0.29, 0.717) is 30.9 Å². The van der Waals surface area contributed by atoms with Crippen LogP contribution in [0.25, 0.3) is 0 Å². The molecule has 0 spiro atoms. The molecule has 1 aromatic rings. The molecular weight excluding hydrogens is 460 g/mol. The molecule has 11 heteroatoms. The number of hydrogen-bond donors (Lipinski definition) is 2. The quantitative estimate of drug-likeness (QED) is 0.622. The van der Waals surface area contributed by atoms with E-state index in [2.05, 4.69) is 10.0 Å². The number of hydrogen-bond acceptors (Lipinski definition) is 6. The number of fused-ring (bicyclic) bond motifs is 1. The fourth-order valence-electron chi connectivity index (χ4n) is 3.70. The number of carbonyl (C=O) groups is 2. The lowest BCUT2D eigenvalue weighted by molar-refractivity contribution is 0.0166. The highest BCUT2D eigenvalue weighted by Crippen LogP contribution is 2.27. The zero-order valence-electron chi connectivity index (χ0n) is 21.0. The molecule has 34 heavy (non-hydrogen) atoms. The SMILES string of the molecule is CCCNC(=O)N1C[C@@H](C)[C@H](OC)CN(C)C(=O)c2ccc(NS(=O)(=O)CC)cc2OC[C@H]1C. The van der Waals surface area contributed by atoms with Crippen LogP contribution in [0, 0.1) is 5.92 Å². The summed E-state index contributed by atoms with van der Waals surface area (Å²) in [4.78, 5) is 29.4. The normalized spacial score (nSPS) is 22.2. The molecule has 0 fully saturated rings. The maximum Gasteiger partial charge on any atom is 0.317 e. The fraction of sp³-hybridized carbons (Fsp3) is 0.652. The van der Waals surface area contributed by atoms with Crippen molar-refractivity contribution in [1.82, 2.24) is 15.1 Å².